The van der Waals surface area contributed by atoms with Crippen LogP contribution in [0.3, 0.4) is 0 Å². The summed E-state index contributed by atoms with van der Waals surface area (Å²) in [6.45, 7) is 11.6. The van der Waals surface area contributed by atoms with Gasteiger partial charge in [-0.3, -0.25) is 30.4 Å². The number of hydrogen-bond donors (Lipinski definition) is 2. The van der Waals surface area contributed by atoms with Gasteiger partial charge in [0.2, 0.25) is 0 Å². The summed E-state index contributed by atoms with van der Waals surface area (Å²) in [7, 11) is 0. The van der Waals surface area contributed by atoms with Crippen LogP contribution in [0.5, 0.6) is 0 Å². The normalized spacial score (nSPS) is 33.5. The number of nitro benzene ring substituents is 2. The molecule has 10 nitrogen and oxygen atoms in total. The number of non-ortho nitro benzene ring substituents is 1. The van der Waals surface area contributed by atoms with E-state index in [0.717, 1.165) is 25.3 Å². The summed E-state index contributed by atoms with van der Waals surface area (Å²) in [6, 6.07) is 3.47. The van der Waals surface area contributed by atoms with Crippen LogP contribution in [-0.4, -0.2) is 33.1 Å². The second-order valence-corrected chi connectivity index (χ2v) is 14.5. The van der Waals surface area contributed by atoms with Crippen molar-refractivity contribution in [1.29, 1.82) is 0 Å². The van der Waals surface area contributed by atoms with E-state index in [9.17, 15) is 30.1 Å². The first-order valence-electron chi connectivity index (χ1n) is 16.2. The van der Waals surface area contributed by atoms with E-state index in [4.69, 9.17) is 0 Å². The van der Waals surface area contributed by atoms with E-state index in [-0.39, 0.29) is 40.8 Å². The highest BCUT2D eigenvalue weighted by atomic mass is 16.6. The minimum Gasteiger partial charge on any atom is -0.393 e. The molecule has 0 heterocycles. The first-order valence-corrected chi connectivity index (χ1v) is 16.2. The van der Waals surface area contributed by atoms with Gasteiger partial charge in [-0.05, 0) is 91.9 Å². The fourth-order valence-corrected chi connectivity index (χ4v) is 9.15. The molecule has 0 saturated heterocycles. The van der Waals surface area contributed by atoms with Crippen molar-refractivity contribution >= 4 is 29.1 Å². The van der Waals surface area contributed by atoms with Crippen LogP contribution in [0.1, 0.15) is 105 Å². The van der Waals surface area contributed by atoms with Crippen LogP contribution >= 0.6 is 0 Å². The van der Waals surface area contributed by atoms with E-state index >= 15 is 0 Å². The first-order chi connectivity index (χ1) is 20.3. The third-order valence-electron chi connectivity index (χ3n) is 11.6. The molecule has 3 aliphatic carbocycles. The van der Waals surface area contributed by atoms with E-state index in [1.54, 1.807) is 6.21 Å². The number of hydrazone groups is 1. The molecule has 2 N–H and O–H groups in total. The molecule has 0 radical (unpaired) electrons. The molecule has 0 bridgehead atoms. The van der Waals surface area contributed by atoms with E-state index < -0.39 is 27.1 Å². The molecule has 1 aromatic rings. The van der Waals surface area contributed by atoms with Gasteiger partial charge in [-0.2, -0.15) is 5.10 Å². The zero-order valence-corrected chi connectivity index (χ0v) is 26.5. The van der Waals surface area contributed by atoms with Gasteiger partial charge in [0.15, 0.2) is 0 Å². The highest BCUT2D eigenvalue weighted by Gasteiger charge is 2.58. The quantitative estimate of drug-likeness (QED) is 0.141. The molecule has 0 amide bonds. The zero-order valence-electron chi connectivity index (χ0n) is 26.5. The van der Waals surface area contributed by atoms with E-state index in [0.29, 0.717) is 42.9 Å². The number of nitro groups is 2. The lowest BCUT2D eigenvalue weighted by Crippen LogP contribution is -2.51. The number of Topliss-reactive ketones (excluding diaryl/α,β-unsaturated/α-hetero) is 1. The number of nitrogens with one attached hydrogen (secondary N) is 1. The maximum atomic E-state index is 13.5. The van der Waals surface area contributed by atoms with Crippen LogP contribution in [0, 0.1) is 66.6 Å². The largest absolute Gasteiger partial charge is 0.393 e. The van der Waals surface area contributed by atoms with Crippen LogP contribution < -0.4 is 5.43 Å². The van der Waals surface area contributed by atoms with Crippen LogP contribution in [0.15, 0.2) is 23.3 Å². The molecular weight excluding hydrogens is 548 g/mol. The Morgan fingerprint density at radius 1 is 1.05 bits per heavy atom. The van der Waals surface area contributed by atoms with Crippen molar-refractivity contribution in [2.45, 2.75) is 111 Å². The van der Waals surface area contributed by atoms with Gasteiger partial charge in [0.25, 0.3) is 5.69 Å². The third-order valence-corrected chi connectivity index (χ3v) is 11.6. The SMILES string of the molecule is CC(C)CCC[C@@H](C)[C@H]1CCC2C(C/C=N/Nc3ccc([N+](=O)[O-])cc3[N+](=O)[O-])C([C@@]3(C)CC[C@H](O)CC3=O)CC[C@@]21C. The minimum atomic E-state index is -0.660. The highest BCUT2D eigenvalue weighted by Crippen LogP contribution is 2.64. The molecule has 0 spiro atoms. The summed E-state index contributed by atoms with van der Waals surface area (Å²) in [4.78, 5) is 34.8. The monoisotopic (exact) mass is 598 g/mol. The number of aliphatic hydroxyl groups excluding tert-OH is 1. The van der Waals surface area contributed by atoms with Crippen molar-refractivity contribution < 1.29 is 19.7 Å². The van der Waals surface area contributed by atoms with Crippen LogP contribution in [-0.2, 0) is 4.79 Å². The molecule has 8 atom stereocenters. The Balaban J connectivity index is 1.57. The van der Waals surface area contributed by atoms with Gasteiger partial charge < -0.3 is 5.11 Å². The zero-order chi connectivity index (χ0) is 31.5. The number of rotatable bonds is 12. The van der Waals surface area contributed by atoms with Crippen LogP contribution in [0.25, 0.3) is 0 Å². The Hall–Kier alpha value is -2.88. The van der Waals surface area contributed by atoms with Crippen molar-refractivity contribution in [3.05, 3.63) is 38.4 Å². The fourth-order valence-electron chi connectivity index (χ4n) is 9.15. The van der Waals surface area contributed by atoms with E-state index in [1.807, 2.05) is 0 Å². The van der Waals surface area contributed by atoms with Gasteiger partial charge in [-0.25, -0.2) is 0 Å². The number of fused-ring (bicyclic) bond motifs is 1. The third kappa shape index (κ3) is 6.94. The van der Waals surface area contributed by atoms with Gasteiger partial charge in [0, 0.05) is 24.1 Å². The second kappa shape index (κ2) is 13.4. The van der Waals surface area contributed by atoms with Crippen molar-refractivity contribution in [2.24, 2.45) is 51.4 Å². The average molecular weight is 599 g/mol. The number of anilines is 1. The summed E-state index contributed by atoms with van der Waals surface area (Å²) < 4.78 is 0. The molecule has 10 heteroatoms. The topological polar surface area (TPSA) is 148 Å². The van der Waals surface area contributed by atoms with Crippen LogP contribution in [0.2, 0.25) is 0 Å². The van der Waals surface area contributed by atoms with Gasteiger partial charge >= 0.3 is 5.69 Å². The van der Waals surface area contributed by atoms with E-state index in [2.05, 4.69) is 45.1 Å². The molecule has 1 aromatic carbocycles. The van der Waals surface area contributed by atoms with Gasteiger partial charge in [-0.15, -0.1) is 0 Å². The average Bonchev–Trinajstić information content (AvgIpc) is 3.30. The highest BCUT2D eigenvalue weighted by molar-refractivity contribution is 5.86. The number of hydrogen-bond acceptors (Lipinski definition) is 8. The Labute approximate surface area is 255 Å². The molecule has 0 aromatic heterocycles. The molecule has 3 unspecified atom stereocenters. The van der Waals surface area contributed by atoms with Crippen molar-refractivity contribution in [1.82, 2.24) is 0 Å². The van der Waals surface area contributed by atoms with Gasteiger partial charge in [0.05, 0.1) is 22.0 Å². The molecule has 43 heavy (non-hydrogen) atoms. The Bertz CT molecular complexity index is 1220. The summed E-state index contributed by atoms with van der Waals surface area (Å²) in [5, 5.41) is 37.3. The molecule has 4 rings (SSSR count). The number of carbonyl (C=O) groups excluding carboxylic acids is 1. The number of nitrogens with zero attached hydrogens (tertiary/aromatic N) is 3. The number of benzene rings is 1. The Morgan fingerprint density at radius 2 is 1.79 bits per heavy atom. The lowest BCUT2D eigenvalue weighted by atomic mass is 9.49. The van der Waals surface area contributed by atoms with Gasteiger partial charge in [0.1, 0.15) is 11.5 Å². The predicted octanol–water partition coefficient (Wildman–Crippen LogP) is 7.93. The number of ketones is 1. The molecule has 3 saturated carbocycles. The molecule has 0 aliphatic heterocycles. The predicted molar refractivity (Wildman–Crippen MR) is 168 cm³/mol. The van der Waals surface area contributed by atoms with Crippen molar-refractivity contribution in [3.8, 4) is 0 Å². The number of carbonyl (C=O) groups is 1. The standard InChI is InChI=1S/C33H50N4O6/c1-21(2)7-6-8-22(3)26-10-11-27-25(15-18-34-35-29-12-9-23(36(40)41)19-30(29)37(42)43)28(14-17-32(26,27)4)33(5)16-13-24(38)20-31(33)39/h9,12,18-19,21-22,24-28,35,38H,6-8,10-11,13-17,20H2,1-5H3/b34-18+/t22-,24+,25?,26-,27?,28?,32-,33-/m1/s1. The summed E-state index contributed by atoms with van der Waals surface area (Å²) >= 11 is 0. The van der Waals surface area contributed by atoms with Crippen molar-refractivity contribution in [2.75, 3.05) is 5.43 Å². The molecule has 3 aliphatic rings. The lowest BCUT2D eigenvalue weighted by molar-refractivity contribution is -0.393. The Kier molecular flexibility index (Phi) is 10.3. The lowest BCUT2D eigenvalue weighted by Gasteiger charge is -2.55. The fraction of sp³-hybridized carbons (Fsp3) is 0.758. The Morgan fingerprint density at radius 3 is 2.44 bits per heavy atom. The second-order valence-electron chi connectivity index (χ2n) is 14.5. The molecular formula is C33H50N4O6. The molecule has 3 fully saturated rings. The summed E-state index contributed by atoms with van der Waals surface area (Å²) in [5.74, 6) is 3.02. The van der Waals surface area contributed by atoms with Crippen LogP contribution in [0.4, 0.5) is 17.1 Å². The number of aliphatic hydroxyl groups is 1. The maximum Gasteiger partial charge on any atom is 0.301 e. The first kappa shape index (κ1) is 33.0. The molecule has 238 valence electrons. The smallest absolute Gasteiger partial charge is 0.301 e. The summed E-state index contributed by atoms with van der Waals surface area (Å²) in [5.41, 5.74) is 1.79. The maximum absolute atomic E-state index is 13.5. The van der Waals surface area contributed by atoms with Gasteiger partial charge in [-0.1, -0.05) is 53.9 Å². The summed E-state index contributed by atoms with van der Waals surface area (Å²) in [6.07, 6.45) is 11.6. The van der Waals surface area contributed by atoms with Crippen molar-refractivity contribution in [3.63, 3.8) is 0 Å². The van der Waals surface area contributed by atoms with E-state index in [1.165, 1.54) is 37.8 Å². The minimum absolute atomic E-state index is 0.0939.